The van der Waals surface area contributed by atoms with Crippen LogP contribution in [0.15, 0.2) is 0 Å². The van der Waals surface area contributed by atoms with Crippen LogP contribution < -0.4 is 10.6 Å². The van der Waals surface area contributed by atoms with Crippen molar-refractivity contribution in [1.82, 2.24) is 10.6 Å². The molecule has 3 N–H and O–H groups in total. The fourth-order valence-corrected chi connectivity index (χ4v) is 2.26. The number of hydrogen-bond donors (Lipinski definition) is 3. The van der Waals surface area contributed by atoms with Gasteiger partial charge in [0.1, 0.15) is 0 Å². The predicted molar refractivity (Wildman–Crippen MR) is 68.6 cm³/mol. The lowest BCUT2D eigenvalue weighted by Gasteiger charge is -2.26. The summed E-state index contributed by atoms with van der Waals surface area (Å²) in [6.07, 6.45) is 1.73. The molecule has 1 aliphatic rings. The van der Waals surface area contributed by atoms with Gasteiger partial charge in [0.05, 0.1) is 5.92 Å². The van der Waals surface area contributed by atoms with E-state index in [1.165, 1.54) is 0 Å². The summed E-state index contributed by atoms with van der Waals surface area (Å²) < 4.78 is 0. The van der Waals surface area contributed by atoms with Crippen LogP contribution in [0.5, 0.6) is 0 Å². The number of aliphatic hydroxyl groups is 1. The summed E-state index contributed by atoms with van der Waals surface area (Å²) in [5.74, 6) is 0.707. The molecule has 1 aliphatic heterocycles. The van der Waals surface area contributed by atoms with Gasteiger partial charge in [-0.15, -0.1) is 0 Å². The molecule has 4 heteroatoms. The Bertz CT molecular complexity index is 254. The van der Waals surface area contributed by atoms with Crippen LogP contribution in [0, 0.1) is 17.3 Å². The molecular weight excluding hydrogens is 216 g/mol. The third kappa shape index (κ3) is 4.64. The highest BCUT2D eigenvalue weighted by Gasteiger charge is 2.30. The van der Waals surface area contributed by atoms with Crippen molar-refractivity contribution in [2.45, 2.75) is 33.6 Å². The van der Waals surface area contributed by atoms with Gasteiger partial charge in [-0.1, -0.05) is 20.8 Å². The molecule has 0 aromatic carbocycles. The minimum absolute atomic E-state index is 0.0632. The van der Waals surface area contributed by atoms with E-state index in [-0.39, 0.29) is 23.8 Å². The number of carbonyl (C=O) groups is 1. The number of nitrogens with one attached hydrogen (secondary N) is 2. The van der Waals surface area contributed by atoms with E-state index in [0.29, 0.717) is 12.5 Å². The van der Waals surface area contributed by atoms with Gasteiger partial charge in [-0.25, -0.2) is 0 Å². The van der Waals surface area contributed by atoms with E-state index in [0.717, 1.165) is 25.9 Å². The molecule has 0 aromatic rings. The number of amides is 1. The van der Waals surface area contributed by atoms with Gasteiger partial charge in [0, 0.05) is 19.7 Å². The molecule has 1 rings (SSSR count). The lowest BCUT2D eigenvalue weighted by Crippen LogP contribution is -2.39. The van der Waals surface area contributed by atoms with Crippen molar-refractivity contribution in [3.8, 4) is 0 Å². The van der Waals surface area contributed by atoms with E-state index in [2.05, 4.69) is 31.4 Å². The third-order valence-electron chi connectivity index (χ3n) is 3.61. The molecule has 100 valence electrons. The van der Waals surface area contributed by atoms with Crippen molar-refractivity contribution < 1.29 is 9.90 Å². The lowest BCUT2D eigenvalue weighted by atomic mass is 9.87. The zero-order chi connectivity index (χ0) is 12.9. The van der Waals surface area contributed by atoms with Gasteiger partial charge >= 0.3 is 0 Å². The Kier molecular flexibility index (Phi) is 5.40. The minimum atomic E-state index is 0.0632. The Morgan fingerprint density at radius 1 is 1.47 bits per heavy atom. The van der Waals surface area contributed by atoms with Gasteiger partial charge in [-0.05, 0) is 30.7 Å². The topological polar surface area (TPSA) is 61.4 Å². The molecule has 0 saturated carbocycles. The second-order valence-corrected chi connectivity index (χ2v) is 5.95. The van der Waals surface area contributed by atoms with Crippen molar-refractivity contribution in [1.29, 1.82) is 0 Å². The van der Waals surface area contributed by atoms with E-state index < -0.39 is 0 Å². The molecule has 1 amide bonds. The van der Waals surface area contributed by atoms with Gasteiger partial charge in [0.2, 0.25) is 5.91 Å². The number of rotatable bonds is 6. The Balaban J connectivity index is 2.31. The summed E-state index contributed by atoms with van der Waals surface area (Å²) in [5, 5.41) is 15.1. The quantitative estimate of drug-likeness (QED) is 0.644. The van der Waals surface area contributed by atoms with Crippen LogP contribution in [0.2, 0.25) is 0 Å². The minimum Gasteiger partial charge on any atom is -0.396 e. The maximum atomic E-state index is 12.0. The first-order valence-electron chi connectivity index (χ1n) is 6.55. The van der Waals surface area contributed by atoms with E-state index in [1.54, 1.807) is 0 Å². The summed E-state index contributed by atoms with van der Waals surface area (Å²) in [5.41, 5.74) is 0.0632. The van der Waals surface area contributed by atoms with E-state index in [1.807, 2.05) is 0 Å². The Morgan fingerprint density at radius 2 is 2.18 bits per heavy atom. The zero-order valence-corrected chi connectivity index (χ0v) is 11.3. The summed E-state index contributed by atoms with van der Waals surface area (Å²) in [7, 11) is 0. The van der Waals surface area contributed by atoms with Gasteiger partial charge in [-0.3, -0.25) is 4.79 Å². The fraction of sp³-hybridized carbons (Fsp3) is 0.923. The lowest BCUT2D eigenvalue weighted by molar-refractivity contribution is -0.125. The highest BCUT2D eigenvalue weighted by Crippen LogP contribution is 2.22. The summed E-state index contributed by atoms with van der Waals surface area (Å²) >= 11 is 0. The maximum absolute atomic E-state index is 12.0. The normalized spacial score (nSPS) is 24.9. The largest absolute Gasteiger partial charge is 0.396 e. The van der Waals surface area contributed by atoms with E-state index in [4.69, 9.17) is 5.11 Å². The maximum Gasteiger partial charge on any atom is 0.224 e. The van der Waals surface area contributed by atoms with Crippen molar-refractivity contribution in [2.75, 3.05) is 26.2 Å². The van der Waals surface area contributed by atoms with Crippen LogP contribution in [0.3, 0.4) is 0 Å². The SMILES string of the molecule is C[C@@H]1CNC[C@H]1C(=O)NCC(C)(C)CCCO. The molecule has 0 unspecified atom stereocenters. The molecule has 0 bridgehead atoms. The average molecular weight is 242 g/mol. The molecule has 1 heterocycles. The first-order chi connectivity index (χ1) is 7.96. The molecule has 4 nitrogen and oxygen atoms in total. The monoisotopic (exact) mass is 242 g/mol. The highest BCUT2D eigenvalue weighted by molar-refractivity contribution is 5.79. The average Bonchev–Trinajstić information content (AvgIpc) is 2.70. The smallest absolute Gasteiger partial charge is 0.224 e. The van der Waals surface area contributed by atoms with E-state index in [9.17, 15) is 4.79 Å². The van der Waals surface area contributed by atoms with Crippen LogP contribution >= 0.6 is 0 Å². The van der Waals surface area contributed by atoms with Gasteiger partial charge in [-0.2, -0.15) is 0 Å². The molecule has 0 aliphatic carbocycles. The standard InChI is InChI=1S/C13H26N2O2/c1-10-7-14-8-11(10)12(17)15-9-13(2,3)5-4-6-16/h10-11,14,16H,4-9H2,1-3H3,(H,15,17)/t10-,11-/m1/s1. The summed E-state index contributed by atoms with van der Waals surface area (Å²) in [6.45, 7) is 9.01. The number of carbonyl (C=O) groups excluding carboxylic acids is 1. The van der Waals surface area contributed by atoms with Gasteiger partial charge in [0.25, 0.3) is 0 Å². The molecule has 17 heavy (non-hydrogen) atoms. The number of hydrogen-bond acceptors (Lipinski definition) is 3. The number of aliphatic hydroxyl groups excluding tert-OH is 1. The van der Waals surface area contributed by atoms with Gasteiger partial charge < -0.3 is 15.7 Å². The second kappa shape index (κ2) is 6.36. The second-order valence-electron chi connectivity index (χ2n) is 5.95. The van der Waals surface area contributed by atoms with Crippen LogP contribution in [0.25, 0.3) is 0 Å². The Morgan fingerprint density at radius 3 is 2.71 bits per heavy atom. The molecule has 2 atom stereocenters. The molecule has 1 saturated heterocycles. The fourth-order valence-electron chi connectivity index (χ4n) is 2.26. The molecule has 1 fully saturated rings. The molecular formula is C13H26N2O2. The Hall–Kier alpha value is -0.610. The summed E-state index contributed by atoms with van der Waals surface area (Å²) in [4.78, 5) is 12.0. The van der Waals surface area contributed by atoms with E-state index >= 15 is 0 Å². The van der Waals surface area contributed by atoms with Crippen LogP contribution in [0.4, 0.5) is 0 Å². The molecule has 0 spiro atoms. The zero-order valence-electron chi connectivity index (χ0n) is 11.3. The third-order valence-corrected chi connectivity index (χ3v) is 3.61. The Labute approximate surface area is 104 Å². The van der Waals surface area contributed by atoms with Crippen LogP contribution in [0.1, 0.15) is 33.6 Å². The molecule has 0 radical (unpaired) electrons. The highest BCUT2D eigenvalue weighted by atomic mass is 16.2. The molecule has 0 aromatic heterocycles. The van der Waals surface area contributed by atoms with Crippen molar-refractivity contribution >= 4 is 5.91 Å². The van der Waals surface area contributed by atoms with Gasteiger partial charge in [0.15, 0.2) is 0 Å². The van der Waals surface area contributed by atoms with Crippen molar-refractivity contribution in [3.05, 3.63) is 0 Å². The first-order valence-corrected chi connectivity index (χ1v) is 6.55. The van der Waals surface area contributed by atoms with Crippen LogP contribution in [-0.4, -0.2) is 37.3 Å². The van der Waals surface area contributed by atoms with Crippen molar-refractivity contribution in [2.24, 2.45) is 17.3 Å². The summed E-state index contributed by atoms with van der Waals surface area (Å²) in [6, 6.07) is 0. The first kappa shape index (κ1) is 14.5. The predicted octanol–water partition coefficient (Wildman–Crippen LogP) is 0.757. The van der Waals surface area contributed by atoms with Crippen molar-refractivity contribution in [3.63, 3.8) is 0 Å². The van der Waals surface area contributed by atoms with Crippen LogP contribution in [-0.2, 0) is 4.79 Å².